The zero-order valence-corrected chi connectivity index (χ0v) is 12.5. The third kappa shape index (κ3) is 2.95. The molecule has 1 heterocycles. The van der Waals surface area contributed by atoms with E-state index < -0.39 is 5.60 Å². The van der Waals surface area contributed by atoms with Crippen molar-refractivity contribution < 1.29 is 5.11 Å². The van der Waals surface area contributed by atoms with Crippen molar-refractivity contribution in [3.05, 3.63) is 30.1 Å². The van der Waals surface area contributed by atoms with Crippen LogP contribution in [0.1, 0.15) is 37.8 Å². The SMILES string of the molecule is Cc1cc2c(NCC3(O)CCCCC3)ccc(N)c2cn1. The van der Waals surface area contributed by atoms with Crippen LogP contribution < -0.4 is 11.1 Å². The lowest BCUT2D eigenvalue weighted by Crippen LogP contribution is -2.38. The number of nitrogens with zero attached hydrogens (tertiary/aromatic N) is 1. The molecule has 1 fully saturated rings. The number of aromatic nitrogens is 1. The fraction of sp³-hybridized carbons (Fsp3) is 0.471. The van der Waals surface area contributed by atoms with Crippen LogP contribution in [0.4, 0.5) is 11.4 Å². The molecule has 4 nitrogen and oxygen atoms in total. The number of benzene rings is 1. The highest BCUT2D eigenvalue weighted by Gasteiger charge is 2.28. The van der Waals surface area contributed by atoms with Gasteiger partial charge in [0.2, 0.25) is 0 Å². The standard InChI is InChI=1S/C17H23N3O/c1-12-9-13-14(10-19-12)15(18)5-6-16(13)20-11-17(21)7-3-2-4-8-17/h5-6,9-10,20-21H,2-4,7-8,11,18H2,1H3. The van der Waals surface area contributed by atoms with Gasteiger partial charge < -0.3 is 16.2 Å². The number of rotatable bonds is 3. The van der Waals surface area contributed by atoms with Crippen LogP contribution in [-0.4, -0.2) is 22.2 Å². The number of aliphatic hydroxyl groups is 1. The van der Waals surface area contributed by atoms with Crippen LogP contribution in [0.15, 0.2) is 24.4 Å². The highest BCUT2D eigenvalue weighted by Crippen LogP contribution is 2.31. The Morgan fingerprint density at radius 2 is 2.00 bits per heavy atom. The van der Waals surface area contributed by atoms with E-state index in [1.165, 1.54) is 6.42 Å². The average Bonchev–Trinajstić information content (AvgIpc) is 2.47. The normalized spacial score (nSPS) is 17.8. The fourth-order valence-corrected chi connectivity index (χ4v) is 3.17. The molecule has 0 unspecified atom stereocenters. The Kier molecular flexibility index (Phi) is 3.72. The molecule has 0 radical (unpaired) electrons. The Morgan fingerprint density at radius 1 is 1.24 bits per heavy atom. The summed E-state index contributed by atoms with van der Waals surface area (Å²) in [5.74, 6) is 0. The summed E-state index contributed by atoms with van der Waals surface area (Å²) in [4.78, 5) is 4.32. The third-order valence-electron chi connectivity index (χ3n) is 4.46. The maximum Gasteiger partial charge on any atom is 0.0819 e. The predicted molar refractivity (Wildman–Crippen MR) is 87.4 cm³/mol. The smallest absolute Gasteiger partial charge is 0.0819 e. The van der Waals surface area contributed by atoms with Gasteiger partial charge in [0.05, 0.1) is 5.60 Å². The quantitative estimate of drug-likeness (QED) is 0.757. The third-order valence-corrected chi connectivity index (χ3v) is 4.46. The van der Waals surface area contributed by atoms with Crippen molar-refractivity contribution in [2.75, 3.05) is 17.6 Å². The van der Waals surface area contributed by atoms with Crippen molar-refractivity contribution in [3.8, 4) is 0 Å². The topological polar surface area (TPSA) is 71.2 Å². The van der Waals surface area contributed by atoms with Gasteiger partial charge >= 0.3 is 0 Å². The molecule has 1 saturated carbocycles. The Labute approximate surface area is 125 Å². The molecule has 21 heavy (non-hydrogen) atoms. The number of nitrogens with one attached hydrogen (secondary N) is 1. The molecule has 0 saturated heterocycles. The Bertz CT molecular complexity index is 648. The summed E-state index contributed by atoms with van der Waals surface area (Å²) in [6.07, 6.45) is 7.05. The number of anilines is 2. The zero-order chi connectivity index (χ0) is 14.9. The van der Waals surface area contributed by atoms with Gasteiger partial charge in [-0.2, -0.15) is 0 Å². The second-order valence-corrected chi connectivity index (χ2v) is 6.21. The molecule has 0 aliphatic heterocycles. The minimum atomic E-state index is -0.575. The summed E-state index contributed by atoms with van der Waals surface area (Å²) >= 11 is 0. The lowest BCUT2D eigenvalue weighted by atomic mass is 9.85. The van der Waals surface area contributed by atoms with Gasteiger partial charge in [-0.05, 0) is 38.0 Å². The van der Waals surface area contributed by atoms with Gasteiger partial charge in [0.15, 0.2) is 0 Å². The van der Waals surface area contributed by atoms with Gasteiger partial charge in [-0.3, -0.25) is 4.98 Å². The van der Waals surface area contributed by atoms with Crippen molar-refractivity contribution in [2.24, 2.45) is 0 Å². The molecule has 3 rings (SSSR count). The molecule has 1 aliphatic carbocycles. The van der Waals surface area contributed by atoms with E-state index in [-0.39, 0.29) is 0 Å². The summed E-state index contributed by atoms with van der Waals surface area (Å²) < 4.78 is 0. The van der Waals surface area contributed by atoms with Gasteiger partial charge in [0, 0.05) is 40.6 Å². The Balaban J connectivity index is 1.87. The van der Waals surface area contributed by atoms with Crippen molar-refractivity contribution in [2.45, 2.75) is 44.6 Å². The van der Waals surface area contributed by atoms with Crippen LogP contribution >= 0.6 is 0 Å². The van der Waals surface area contributed by atoms with E-state index in [4.69, 9.17) is 5.73 Å². The number of fused-ring (bicyclic) bond motifs is 1. The molecular weight excluding hydrogens is 262 g/mol. The van der Waals surface area contributed by atoms with Crippen LogP contribution in [0.25, 0.3) is 10.8 Å². The van der Waals surface area contributed by atoms with Crippen molar-refractivity contribution in [1.82, 2.24) is 4.98 Å². The highest BCUT2D eigenvalue weighted by atomic mass is 16.3. The van der Waals surface area contributed by atoms with E-state index in [0.717, 1.165) is 53.5 Å². The molecule has 112 valence electrons. The van der Waals surface area contributed by atoms with Crippen molar-refractivity contribution in [1.29, 1.82) is 0 Å². The minimum absolute atomic E-state index is 0.575. The molecule has 1 aromatic heterocycles. The van der Waals surface area contributed by atoms with E-state index >= 15 is 0 Å². The monoisotopic (exact) mass is 285 g/mol. The number of nitrogen functional groups attached to an aromatic ring is 1. The molecule has 1 aromatic carbocycles. The Morgan fingerprint density at radius 3 is 2.76 bits per heavy atom. The first kappa shape index (κ1) is 14.1. The fourth-order valence-electron chi connectivity index (χ4n) is 3.17. The molecular formula is C17H23N3O. The summed E-state index contributed by atoms with van der Waals surface area (Å²) in [6.45, 7) is 2.56. The van der Waals surface area contributed by atoms with Crippen LogP contribution in [0.5, 0.6) is 0 Å². The predicted octanol–water partition coefficient (Wildman–Crippen LogP) is 3.23. The summed E-state index contributed by atoms with van der Waals surface area (Å²) in [6, 6.07) is 5.93. The number of nitrogens with two attached hydrogens (primary N) is 1. The minimum Gasteiger partial charge on any atom is -0.398 e. The maximum absolute atomic E-state index is 10.6. The largest absolute Gasteiger partial charge is 0.398 e. The number of pyridine rings is 1. The van der Waals surface area contributed by atoms with Crippen LogP contribution in [0.2, 0.25) is 0 Å². The first-order valence-corrected chi connectivity index (χ1v) is 7.69. The average molecular weight is 285 g/mol. The van der Waals surface area contributed by atoms with E-state index in [2.05, 4.69) is 10.3 Å². The summed E-state index contributed by atoms with van der Waals surface area (Å²) in [7, 11) is 0. The van der Waals surface area contributed by atoms with Gasteiger partial charge in [0.25, 0.3) is 0 Å². The molecule has 4 N–H and O–H groups in total. The second-order valence-electron chi connectivity index (χ2n) is 6.21. The van der Waals surface area contributed by atoms with E-state index in [0.29, 0.717) is 6.54 Å². The molecule has 0 bridgehead atoms. The summed E-state index contributed by atoms with van der Waals surface area (Å²) in [5, 5.41) is 16.1. The number of hydrogen-bond acceptors (Lipinski definition) is 4. The highest BCUT2D eigenvalue weighted by molar-refractivity contribution is 6.00. The van der Waals surface area contributed by atoms with Crippen LogP contribution in [0.3, 0.4) is 0 Å². The Hall–Kier alpha value is -1.81. The van der Waals surface area contributed by atoms with Gasteiger partial charge in [-0.15, -0.1) is 0 Å². The first-order valence-electron chi connectivity index (χ1n) is 7.69. The molecule has 1 aliphatic rings. The molecule has 0 spiro atoms. The number of aryl methyl sites for hydroxylation is 1. The van der Waals surface area contributed by atoms with Gasteiger partial charge in [-0.25, -0.2) is 0 Å². The molecule has 2 aromatic rings. The number of hydrogen-bond donors (Lipinski definition) is 3. The zero-order valence-electron chi connectivity index (χ0n) is 12.5. The van der Waals surface area contributed by atoms with Crippen molar-refractivity contribution in [3.63, 3.8) is 0 Å². The van der Waals surface area contributed by atoms with Crippen molar-refractivity contribution >= 4 is 22.1 Å². The van der Waals surface area contributed by atoms with Gasteiger partial charge in [0.1, 0.15) is 0 Å². The molecule has 4 heteroatoms. The van der Waals surface area contributed by atoms with E-state index in [9.17, 15) is 5.11 Å². The van der Waals surface area contributed by atoms with E-state index in [1.54, 1.807) is 0 Å². The molecule has 0 atom stereocenters. The van der Waals surface area contributed by atoms with E-state index in [1.807, 2.05) is 31.3 Å². The lowest BCUT2D eigenvalue weighted by molar-refractivity contribution is 0.0167. The maximum atomic E-state index is 10.6. The molecule has 0 amide bonds. The van der Waals surface area contributed by atoms with Crippen LogP contribution in [0, 0.1) is 6.92 Å². The van der Waals surface area contributed by atoms with Crippen LogP contribution in [-0.2, 0) is 0 Å². The van der Waals surface area contributed by atoms with Gasteiger partial charge in [-0.1, -0.05) is 19.3 Å². The second kappa shape index (κ2) is 5.53. The lowest BCUT2D eigenvalue weighted by Gasteiger charge is -2.32. The first-order chi connectivity index (χ1) is 10.1. The summed E-state index contributed by atoms with van der Waals surface area (Å²) in [5.41, 5.74) is 8.17.